The third-order valence-corrected chi connectivity index (χ3v) is 4.10. The Labute approximate surface area is 130 Å². The summed E-state index contributed by atoms with van der Waals surface area (Å²) in [6.45, 7) is 11.1. The highest BCUT2D eigenvalue weighted by atomic mass is 15.0. The molecule has 0 aromatic rings. The lowest BCUT2D eigenvalue weighted by Crippen LogP contribution is -2.35. The molecule has 21 heavy (non-hydrogen) atoms. The summed E-state index contributed by atoms with van der Waals surface area (Å²) < 4.78 is 0. The zero-order valence-electron chi connectivity index (χ0n) is 14.3. The number of allylic oxidation sites excluding steroid dienone is 4. The van der Waals surface area contributed by atoms with Crippen LogP contribution in [0.4, 0.5) is 0 Å². The molecule has 1 fully saturated rings. The van der Waals surface area contributed by atoms with Gasteiger partial charge in [-0.05, 0) is 56.9 Å². The van der Waals surface area contributed by atoms with Crippen molar-refractivity contribution in [3.05, 3.63) is 34.7 Å². The van der Waals surface area contributed by atoms with Crippen LogP contribution in [0.5, 0.6) is 0 Å². The van der Waals surface area contributed by atoms with Gasteiger partial charge >= 0.3 is 0 Å². The van der Waals surface area contributed by atoms with Crippen LogP contribution in [0.1, 0.15) is 66.7 Å². The minimum atomic E-state index is 0.333. The topological polar surface area (TPSA) is 24.4 Å². The number of hydrogen-bond acceptors (Lipinski definition) is 2. The third-order valence-electron chi connectivity index (χ3n) is 4.10. The normalized spacial score (nSPS) is 21.0. The van der Waals surface area contributed by atoms with Crippen molar-refractivity contribution >= 4 is 6.21 Å². The van der Waals surface area contributed by atoms with E-state index in [9.17, 15) is 0 Å². The molecule has 0 aliphatic heterocycles. The predicted molar refractivity (Wildman–Crippen MR) is 92.5 cm³/mol. The average Bonchev–Trinajstić information content (AvgIpc) is 2.44. The molecule has 0 saturated heterocycles. The molecule has 0 aromatic carbocycles. The lowest BCUT2D eigenvalue weighted by molar-refractivity contribution is 0.365. The Balaban J connectivity index is 2.24. The van der Waals surface area contributed by atoms with Crippen LogP contribution in [0.15, 0.2) is 39.7 Å². The Morgan fingerprint density at radius 3 is 2.57 bits per heavy atom. The van der Waals surface area contributed by atoms with Crippen LogP contribution in [-0.2, 0) is 0 Å². The number of hydrogen-bond donors (Lipinski definition) is 1. The van der Waals surface area contributed by atoms with Gasteiger partial charge in [-0.15, -0.1) is 0 Å². The summed E-state index contributed by atoms with van der Waals surface area (Å²) in [6.07, 6.45) is 12.7. The van der Waals surface area contributed by atoms with Crippen LogP contribution in [0, 0.1) is 5.41 Å². The Kier molecular flexibility index (Phi) is 5.08. The zero-order valence-corrected chi connectivity index (χ0v) is 14.3. The summed E-state index contributed by atoms with van der Waals surface area (Å²) in [5.74, 6) is 0. The van der Waals surface area contributed by atoms with E-state index >= 15 is 0 Å². The Morgan fingerprint density at radius 1 is 1.33 bits per heavy atom. The van der Waals surface area contributed by atoms with Crippen molar-refractivity contribution in [1.29, 1.82) is 0 Å². The van der Waals surface area contributed by atoms with Crippen molar-refractivity contribution in [3.8, 4) is 0 Å². The van der Waals surface area contributed by atoms with Gasteiger partial charge in [0.25, 0.3) is 0 Å². The molecule has 0 spiro atoms. The molecule has 0 amide bonds. The molecule has 0 aromatic heterocycles. The van der Waals surface area contributed by atoms with Gasteiger partial charge in [0, 0.05) is 12.3 Å². The summed E-state index contributed by atoms with van der Waals surface area (Å²) in [4.78, 5) is 4.63. The molecule has 2 heteroatoms. The van der Waals surface area contributed by atoms with E-state index in [1.54, 1.807) is 0 Å². The highest BCUT2D eigenvalue weighted by molar-refractivity contribution is 5.58. The largest absolute Gasteiger partial charge is 0.381 e. The van der Waals surface area contributed by atoms with E-state index in [4.69, 9.17) is 0 Å². The van der Waals surface area contributed by atoms with E-state index in [-0.39, 0.29) is 0 Å². The van der Waals surface area contributed by atoms with Gasteiger partial charge in [-0.1, -0.05) is 38.5 Å². The van der Waals surface area contributed by atoms with Gasteiger partial charge in [-0.25, -0.2) is 0 Å². The number of nitrogens with zero attached hydrogens (tertiary/aromatic N) is 1. The lowest BCUT2D eigenvalue weighted by Gasteiger charge is -2.29. The van der Waals surface area contributed by atoms with E-state index in [1.807, 2.05) is 13.1 Å². The highest BCUT2D eigenvalue weighted by Crippen LogP contribution is 2.32. The average molecular weight is 286 g/mol. The van der Waals surface area contributed by atoms with E-state index in [0.717, 1.165) is 18.5 Å². The fourth-order valence-electron chi connectivity index (χ4n) is 2.98. The zero-order chi connectivity index (χ0) is 15.5. The molecule has 1 N–H and O–H groups in total. The molecule has 0 atom stereocenters. The van der Waals surface area contributed by atoms with Crippen molar-refractivity contribution in [3.63, 3.8) is 0 Å². The standard InChI is InChI=1S/C19H30N2/c1-6-20-18-14(2)12-15(13-19(3,4)5)10-11-17(18)21-16-8-7-9-16/h6,11-12,16,21H,7-10,13H2,1-5H3. The summed E-state index contributed by atoms with van der Waals surface area (Å²) in [5, 5.41) is 3.70. The molecule has 0 unspecified atom stereocenters. The number of rotatable bonds is 4. The second-order valence-electron chi connectivity index (χ2n) is 7.55. The summed E-state index contributed by atoms with van der Waals surface area (Å²) in [5.41, 5.74) is 5.47. The van der Waals surface area contributed by atoms with Gasteiger partial charge in [-0.3, -0.25) is 4.99 Å². The number of nitrogens with one attached hydrogen (secondary N) is 1. The molecule has 2 aliphatic carbocycles. The van der Waals surface area contributed by atoms with Gasteiger partial charge in [0.15, 0.2) is 0 Å². The molecule has 0 radical (unpaired) electrons. The quantitative estimate of drug-likeness (QED) is 0.711. The number of aliphatic imine (C=N–C) groups is 1. The Hall–Kier alpha value is -1.31. The molecule has 0 bridgehead atoms. The van der Waals surface area contributed by atoms with Gasteiger partial charge in [-0.2, -0.15) is 0 Å². The first-order chi connectivity index (χ1) is 9.89. The van der Waals surface area contributed by atoms with Crippen molar-refractivity contribution in [2.24, 2.45) is 10.4 Å². The second-order valence-corrected chi connectivity index (χ2v) is 7.55. The van der Waals surface area contributed by atoms with Gasteiger partial charge in [0.05, 0.1) is 11.4 Å². The minimum Gasteiger partial charge on any atom is -0.381 e. The first kappa shape index (κ1) is 16.1. The van der Waals surface area contributed by atoms with Gasteiger partial charge in [0.2, 0.25) is 0 Å². The van der Waals surface area contributed by atoms with Crippen molar-refractivity contribution < 1.29 is 0 Å². The van der Waals surface area contributed by atoms with Crippen molar-refractivity contribution in [2.75, 3.05) is 0 Å². The van der Waals surface area contributed by atoms with Gasteiger partial charge in [0.1, 0.15) is 0 Å². The molecule has 2 aliphatic rings. The second kappa shape index (κ2) is 6.64. The predicted octanol–water partition coefficient (Wildman–Crippen LogP) is 5.14. The maximum Gasteiger partial charge on any atom is 0.0882 e. The summed E-state index contributed by atoms with van der Waals surface area (Å²) >= 11 is 0. The van der Waals surface area contributed by atoms with Crippen LogP contribution < -0.4 is 5.32 Å². The smallest absolute Gasteiger partial charge is 0.0882 e. The third kappa shape index (κ3) is 4.59. The SMILES string of the molecule is CC=NC1=C(C)C=C(CC(C)(C)C)CC=C1NC1CCC1. The van der Waals surface area contributed by atoms with Gasteiger partial charge < -0.3 is 5.32 Å². The van der Waals surface area contributed by atoms with Crippen LogP contribution in [0.25, 0.3) is 0 Å². The van der Waals surface area contributed by atoms with Crippen LogP contribution in [0.2, 0.25) is 0 Å². The van der Waals surface area contributed by atoms with Crippen molar-refractivity contribution in [2.45, 2.75) is 72.8 Å². The van der Waals surface area contributed by atoms with E-state index < -0.39 is 0 Å². The molecular formula is C19H30N2. The Morgan fingerprint density at radius 2 is 2.05 bits per heavy atom. The highest BCUT2D eigenvalue weighted by Gasteiger charge is 2.21. The fourth-order valence-corrected chi connectivity index (χ4v) is 2.98. The molecule has 1 saturated carbocycles. The fraction of sp³-hybridized carbons (Fsp3) is 0.632. The van der Waals surface area contributed by atoms with E-state index in [1.165, 1.54) is 36.1 Å². The van der Waals surface area contributed by atoms with E-state index in [2.05, 4.69) is 50.2 Å². The minimum absolute atomic E-state index is 0.333. The monoisotopic (exact) mass is 286 g/mol. The maximum absolute atomic E-state index is 4.63. The van der Waals surface area contributed by atoms with Crippen LogP contribution in [-0.4, -0.2) is 12.3 Å². The van der Waals surface area contributed by atoms with Crippen LogP contribution >= 0.6 is 0 Å². The first-order valence-electron chi connectivity index (χ1n) is 8.25. The molecule has 116 valence electrons. The first-order valence-corrected chi connectivity index (χ1v) is 8.25. The maximum atomic E-state index is 4.63. The van der Waals surface area contributed by atoms with E-state index in [0.29, 0.717) is 11.5 Å². The molecule has 0 heterocycles. The molecule has 2 rings (SSSR count). The Bertz CT molecular complexity index is 494. The molecule has 2 nitrogen and oxygen atoms in total. The summed E-state index contributed by atoms with van der Waals surface area (Å²) in [7, 11) is 0. The molecular weight excluding hydrogens is 256 g/mol. The lowest BCUT2D eigenvalue weighted by atomic mass is 9.86. The van der Waals surface area contributed by atoms with Crippen molar-refractivity contribution in [1.82, 2.24) is 5.32 Å². The summed E-state index contributed by atoms with van der Waals surface area (Å²) in [6, 6.07) is 0.648. The van der Waals surface area contributed by atoms with Crippen LogP contribution in [0.3, 0.4) is 0 Å².